The fourth-order valence-corrected chi connectivity index (χ4v) is 4.16. The number of anilines is 1. The third kappa shape index (κ3) is 5.32. The number of carbonyl (C=O) groups excluding carboxylic acids is 1. The van der Waals surface area contributed by atoms with Crippen LogP contribution in [0.3, 0.4) is 0 Å². The van der Waals surface area contributed by atoms with Crippen molar-refractivity contribution >= 4 is 21.6 Å². The van der Waals surface area contributed by atoms with Gasteiger partial charge >= 0.3 is 0 Å². The van der Waals surface area contributed by atoms with Gasteiger partial charge in [0.1, 0.15) is 11.9 Å². The van der Waals surface area contributed by atoms with Crippen molar-refractivity contribution in [2.75, 3.05) is 31.9 Å². The Morgan fingerprint density at radius 1 is 1.10 bits per heavy atom. The quantitative estimate of drug-likeness (QED) is 0.643. The number of ether oxygens (including phenoxy) is 3. The highest BCUT2D eigenvalue weighted by molar-refractivity contribution is 7.92. The van der Waals surface area contributed by atoms with Gasteiger partial charge in [-0.3, -0.25) is 9.10 Å². The summed E-state index contributed by atoms with van der Waals surface area (Å²) in [6.45, 7) is 1.51. The van der Waals surface area contributed by atoms with Crippen LogP contribution in [0.1, 0.15) is 12.5 Å². The molecular formula is C20H25FN2O6S. The first-order chi connectivity index (χ1) is 14.1. The molecule has 0 saturated heterocycles. The fraction of sp³-hybridized carbons (Fsp3) is 0.350. The van der Waals surface area contributed by atoms with Gasteiger partial charge in [0.15, 0.2) is 11.5 Å². The Morgan fingerprint density at radius 2 is 1.70 bits per heavy atom. The molecule has 10 heteroatoms. The maximum Gasteiger partial charge on any atom is 0.243 e. The van der Waals surface area contributed by atoms with E-state index in [4.69, 9.17) is 14.2 Å². The van der Waals surface area contributed by atoms with Crippen LogP contribution < -0.4 is 23.8 Å². The number of nitrogens with zero attached hydrogens (tertiary/aromatic N) is 1. The summed E-state index contributed by atoms with van der Waals surface area (Å²) in [6.07, 6.45) is 0.959. The molecule has 2 rings (SSSR count). The van der Waals surface area contributed by atoms with E-state index in [0.717, 1.165) is 16.6 Å². The van der Waals surface area contributed by atoms with Gasteiger partial charge in [-0.25, -0.2) is 12.8 Å². The van der Waals surface area contributed by atoms with E-state index in [1.807, 2.05) is 0 Å². The molecule has 2 aromatic carbocycles. The number of halogens is 1. The van der Waals surface area contributed by atoms with Gasteiger partial charge in [-0.15, -0.1) is 0 Å². The number of sulfonamides is 1. The molecule has 0 radical (unpaired) electrons. The summed E-state index contributed by atoms with van der Waals surface area (Å²) in [6, 6.07) is 7.30. The maximum atomic E-state index is 13.6. The van der Waals surface area contributed by atoms with Crippen LogP contribution in [0.15, 0.2) is 36.4 Å². The molecule has 2 aromatic rings. The Labute approximate surface area is 175 Å². The van der Waals surface area contributed by atoms with E-state index in [-0.39, 0.29) is 12.2 Å². The second kappa shape index (κ2) is 9.66. The fourth-order valence-electron chi connectivity index (χ4n) is 3.00. The van der Waals surface area contributed by atoms with E-state index in [1.165, 1.54) is 46.5 Å². The monoisotopic (exact) mass is 440 g/mol. The van der Waals surface area contributed by atoms with E-state index in [0.29, 0.717) is 22.8 Å². The average molecular weight is 440 g/mol. The predicted octanol–water partition coefficient (Wildman–Crippen LogP) is 2.32. The second-order valence-corrected chi connectivity index (χ2v) is 8.33. The van der Waals surface area contributed by atoms with Crippen molar-refractivity contribution in [3.8, 4) is 17.2 Å². The number of hydrogen-bond donors (Lipinski definition) is 1. The molecule has 0 aliphatic rings. The summed E-state index contributed by atoms with van der Waals surface area (Å²) >= 11 is 0. The van der Waals surface area contributed by atoms with Crippen molar-refractivity contribution in [1.82, 2.24) is 5.32 Å². The van der Waals surface area contributed by atoms with Crippen molar-refractivity contribution in [1.29, 1.82) is 0 Å². The molecule has 0 spiro atoms. The van der Waals surface area contributed by atoms with Gasteiger partial charge in [0.2, 0.25) is 21.7 Å². The Hall–Kier alpha value is -3.01. The third-order valence-electron chi connectivity index (χ3n) is 4.34. The first-order valence-electron chi connectivity index (χ1n) is 8.94. The van der Waals surface area contributed by atoms with Crippen molar-refractivity contribution in [2.24, 2.45) is 0 Å². The molecule has 1 N–H and O–H groups in total. The lowest BCUT2D eigenvalue weighted by Gasteiger charge is -2.28. The molecule has 30 heavy (non-hydrogen) atoms. The van der Waals surface area contributed by atoms with Crippen LogP contribution in [-0.2, 0) is 21.4 Å². The third-order valence-corrected chi connectivity index (χ3v) is 5.58. The normalized spacial score (nSPS) is 12.1. The zero-order chi connectivity index (χ0) is 22.5. The minimum absolute atomic E-state index is 0.0629. The molecule has 0 aromatic heterocycles. The van der Waals surface area contributed by atoms with Crippen molar-refractivity contribution < 1.29 is 31.8 Å². The lowest BCUT2D eigenvalue weighted by atomic mass is 10.1. The Morgan fingerprint density at radius 3 is 2.17 bits per heavy atom. The van der Waals surface area contributed by atoms with Gasteiger partial charge in [-0.05, 0) is 42.8 Å². The van der Waals surface area contributed by atoms with Gasteiger partial charge in [0.25, 0.3) is 0 Å². The first-order valence-corrected chi connectivity index (χ1v) is 10.8. The van der Waals surface area contributed by atoms with E-state index < -0.39 is 27.8 Å². The summed E-state index contributed by atoms with van der Waals surface area (Å²) < 4.78 is 54.9. The maximum absolute atomic E-state index is 13.6. The average Bonchev–Trinajstić information content (AvgIpc) is 2.70. The Bertz CT molecular complexity index is 987. The van der Waals surface area contributed by atoms with E-state index >= 15 is 0 Å². The van der Waals surface area contributed by atoms with Crippen LogP contribution in [0, 0.1) is 5.82 Å². The van der Waals surface area contributed by atoms with Crippen LogP contribution in [0.4, 0.5) is 10.1 Å². The second-order valence-electron chi connectivity index (χ2n) is 6.47. The zero-order valence-electron chi connectivity index (χ0n) is 17.4. The molecule has 1 unspecified atom stereocenters. The van der Waals surface area contributed by atoms with Gasteiger partial charge in [-0.1, -0.05) is 6.07 Å². The van der Waals surface area contributed by atoms with Gasteiger partial charge in [0.05, 0.1) is 33.3 Å². The van der Waals surface area contributed by atoms with Gasteiger partial charge in [-0.2, -0.15) is 0 Å². The number of nitrogens with one attached hydrogen (secondary N) is 1. The van der Waals surface area contributed by atoms with E-state index in [2.05, 4.69) is 5.32 Å². The molecule has 0 bridgehead atoms. The van der Waals surface area contributed by atoms with E-state index in [1.54, 1.807) is 12.1 Å². The highest BCUT2D eigenvalue weighted by Crippen LogP contribution is 2.38. The highest BCUT2D eigenvalue weighted by Gasteiger charge is 2.29. The van der Waals surface area contributed by atoms with Crippen LogP contribution in [0.2, 0.25) is 0 Å². The summed E-state index contributed by atoms with van der Waals surface area (Å²) in [5.74, 6) is 0.0979. The van der Waals surface area contributed by atoms with Crippen LogP contribution >= 0.6 is 0 Å². The molecule has 0 heterocycles. The number of amides is 1. The molecule has 1 amide bonds. The Balaban J connectivity index is 2.24. The standard InChI is InChI=1S/C20H25FN2O6S/c1-13(23(30(5,25)26)16-8-6-7-15(21)11-16)20(24)22-12-14-9-17(27-2)19(29-4)18(10-14)28-3/h6-11,13H,12H2,1-5H3,(H,22,24). The lowest BCUT2D eigenvalue weighted by molar-refractivity contribution is -0.122. The van der Waals surface area contributed by atoms with Crippen molar-refractivity contribution in [2.45, 2.75) is 19.5 Å². The molecular weight excluding hydrogens is 415 g/mol. The van der Waals surface area contributed by atoms with Crippen LogP contribution in [0.5, 0.6) is 17.2 Å². The zero-order valence-corrected chi connectivity index (χ0v) is 18.2. The highest BCUT2D eigenvalue weighted by atomic mass is 32.2. The Kier molecular flexibility index (Phi) is 7.49. The molecule has 0 saturated carbocycles. The van der Waals surface area contributed by atoms with Gasteiger partial charge < -0.3 is 19.5 Å². The SMILES string of the molecule is COc1cc(CNC(=O)C(C)N(c2cccc(F)c2)S(C)(=O)=O)cc(OC)c1OC. The van der Waals surface area contributed by atoms with Crippen LogP contribution in [-0.4, -0.2) is 48.0 Å². The largest absolute Gasteiger partial charge is 0.493 e. The molecule has 8 nitrogen and oxygen atoms in total. The molecule has 1 atom stereocenters. The van der Waals surface area contributed by atoms with Gasteiger partial charge in [0, 0.05) is 6.54 Å². The lowest BCUT2D eigenvalue weighted by Crippen LogP contribution is -2.47. The molecule has 0 aliphatic carbocycles. The number of benzene rings is 2. The minimum Gasteiger partial charge on any atom is -0.493 e. The molecule has 0 aliphatic heterocycles. The van der Waals surface area contributed by atoms with Crippen LogP contribution in [0.25, 0.3) is 0 Å². The number of carbonyl (C=O) groups is 1. The summed E-state index contributed by atoms with van der Waals surface area (Å²) in [5.41, 5.74) is 0.717. The number of methoxy groups -OCH3 is 3. The van der Waals surface area contributed by atoms with Crippen molar-refractivity contribution in [3.63, 3.8) is 0 Å². The summed E-state index contributed by atoms with van der Waals surface area (Å²) in [7, 11) is 0.593. The molecule has 164 valence electrons. The number of hydrogen-bond acceptors (Lipinski definition) is 6. The summed E-state index contributed by atoms with van der Waals surface area (Å²) in [5, 5.41) is 2.69. The predicted molar refractivity (Wildman–Crippen MR) is 111 cm³/mol. The molecule has 0 fully saturated rings. The van der Waals surface area contributed by atoms with Crippen molar-refractivity contribution in [3.05, 3.63) is 47.8 Å². The summed E-state index contributed by atoms with van der Waals surface area (Å²) in [4.78, 5) is 12.7. The van der Waals surface area contributed by atoms with E-state index in [9.17, 15) is 17.6 Å². The topological polar surface area (TPSA) is 94.2 Å². The number of rotatable bonds is 9. The smallest absolute Gasteiger partial charge is 0.243 e. The minimum atomic E-state index is -3.84. The first kappa shape index (κ1) is 23.3.